The number of amides is 3. The minimum atomic E-state index is -2.86. The second kappa shape index (κ2) is 12.3. The molecule has 2 heterocycles. The predicted molar refractivity (Wildman–Crippen MR) is 148 cm³/mol. The Morgan fingerprint density at radius 3 is 2.56 bits per heavy atom. The summed E-state index contributed by atoms with van der Waals surface area (Å²) in [6.45, 7) is 7.12. The molecule has 1 aromatic heterocycles. The van der Waals surface area contributed by atoms with E-state index in [9.17, 15) is 23.2 Å². The van der Waals surface area contributed by atoms with Crippen molar-refractivity contribution in [1.29, 1.82) is 0 Å². The van der Waals surface area contributed by atoms with E-state index in [1.165, 1.54) is 23.1 Å². The molecule has 1 aromatic carbocycles. The summed E-state index contributed by atoms with van der Waals surface area (Å²) in [6, 6.07) is 6.86. The van der Waals surface area contributed by atoms with Gasteiger partial charge in [0.05, 0.1) is 21.5 Å². The van der Waals surface area contributed by atoms with Gasteiger partial charge in [0, 0.05) is 36.9 Å². The number of carbonyl (C=O) groups excluding carboxylic acids is 3. The van der Waals surface area contributed by atoms with Gasteiger partial charge < -0.3 is 20.3 Å². The maximum absolute atomic E-state index is 14.0. The van der Waals surface area contributed by atoms with E-state index in [4.69, 9.17) is 16.3 Å². The fourth-order valence-electron chi connectivity index (χ4n) is 4.57. The monoisotopic (exact) mass is 582 g/mol. The average molecular weight is 583 g/mol. The highest BCUT2D eigenvalue weighted by molar-refractivity contribution is 7.18. The number of carbonyl (C=O) groups is 3. The molecule has 0 radical (unpaired) electrons. The van der Waals surface area contributed by atoms with Crippen molar-refractivity contribution in [3.8, 4) is 0 Å². The molecular weight excluding hydrogens is 550 g/mol. The van der Waals surface area contributed by atoms with Crippen LogP contribution in [0.5, 0.6) is 0 Å². The highest BCUT2D eigenvalue weighted by atomic mass is 35.5. The largest absolute Gasteiger partial charge is 0.370 e. The van der Waals surface area contributed by atoms with Crippen molar-refractivity contribution in [2.45, 2.75) is 52.1 Å². The number of nitrogens with zero attached hydrogens (tertiary/aromatic N) is 2. The second-order valence-corrected chi connectivity index (χ2v) is 12.7. The zero-order valence-electron chi connectivity index (χ0n) is 22.1. The highest BCUT2D eigenvalue weighted by Crippen LogP contribution is 2.35. The molecule has 2 aromatic rings. The normalized spacial score (nSPS) is 17.0. The van der Waals surface area contributed by atoms with Crippen LogP contribution < -0.4 is 15.5 Å². The minimum absolute atomic E-state index is 0.0365. The quantitative estimate of drug-likeness (QED) is 0.414. The molecule has 1 aliphatic heterocycles. The van der Waals surface area contributed by atoms with Gasteiger partial charge in [0.2, 0.25) is 5.91 Å². The SMILES string of the molecule is CC(C)(C)CN(C1CC1)[C@@H](CNC(=O)c1ccc(Cl)s1)C(=O)Nc1ccc(N2CCOCC2=O)c(C(F)F)c1. The van der Waals surface area contributed by atoms with Crippen molar-refractivity contribution in [3.05, 3.63) is 45.1 Å². The van der Waals surface area contributed by atoms with E-state index in [0.717, 1.165) is 24.2 Å². The fraction of sp³-hybridized carbons (Fsp3) is 0.519. The molecule has 2 fully saturated rings. The molecular formula is C27H33ClF2N4O4S. The Labute approximate surface area is 235 Å². The lowest BCUT2D eigenvalue weighted by Crippen LogP contribution is -2.53. The number of alkyl halides is 2. The number of rotatable bonds is 10. The van der Waals surface area contributed by atoms with Crippen molar-refractivity contribution in [2.75, 3.05) is 43.1 Å². The molecule has 3 amide bonds. The number of ether oxygens (including phenoxy) is 1. The Bertz CT molecular complexity index is 1210. The van der Waals surface area contributed by atoms with Crippen LogP contribution in [-0.4, -0.2) is 67.6 Å². The van der Waals surface area contributed by atoms with E-state index in [1.54, 1.807) is 12.1 Å². The first-order chi connectivity index (χ1) is 18.4. The molecule has 1 saturated carbocycles. The average Bonchev–Trinajstić information content (AvgIpc) is 3.62. The number of nitrogens with one attached hydrogen (secondary N) is 2. The summed E-state index contributed by atoms with van der Waals surface area (Å²) < 4.78 is 33.7. The standard InChI is InChI=1S/C27H33ClF2N4O4S/c1-27(2,3)15-34(17-5-6-17)20(13-31-26(37)21-8-9-22(28)39-21)25(36)32-16-4-7-19(18(12-16)24(29)30)33-10-11-38-14-23(33)35/h4,7-9,12,17,20,24H,5-6,10-11,13-15H2,1-3H3,(H,31,37)(H,32,36)/t20-/m0/s1. The Morgan fingerprint density at radius 1 is 1.23 bits per heavy atom. The van der Waals surface area contributed by atoms with Gasteiger partial charge in [0.25, 0.3) is 18.2 Å². The van der Waals surface area contributed by atoms with Gasteiger partial charge in [0.1, 0.15) is 12.6 Å². The second-order valence-electron chi connectivity index (χ2n) is 11.0. The Balaban J connectivity index is 1.56. The minimum Gasteiger partial charge on any atom is -0.370 e. The van der Waals surface area contributed by atoms with Gasteiger partial charge in [-0.25, -0.2) is 8.78 Å². The van der Waals surface area contributed by atoms with Gasteiger partial charge in [-0.3, -0.25) is 19.3 Å². The molecule has 1 aliphatic carbocycles. The van der Waals surface area contributed by atoms with Crippen LogP contribution >= 0.6 is 22.9 Å². The van der Waals surface area contributed by atoms with Gasteiger partial charge >= 0.3 is 0 Å². The van der Waals surface area contributed by atoms with Crippen LogP contribution in [0, 0.1) is 5.41 Å². The number of halogens is 3. The van der Waals surface area contributed by atoms with E-state index in [-0.39, 0.29) is 60.6 Å². The van der Waals surface area contributed by atoms with Gasteiger partial charge in [-0.15, -0.1) is 11.3 Å². The number of hydrogen-bond donors (Lipinski definition) is 2. The third-order valence-corrected chi connectivity index (χ3v) is 7.67. The first kappa shape index (κ1) is 29.4. The predicted octanol–water partition coefficient (Wildman–Crippen LogP) is 4.95. The maximum Gasteiger partial charge on any atom is 0.265 e. The summed E-state index contributed by atoms with van der Waals surface area (Å²) >= 11 is 7.11. The number of hydrogen-bond acceptors (Lipinski definition) is 6. The molecule has 8 nitrogen and oxygen atoms in total. The zero-order chi connectivity index (χ0) is 28.3. The van der Waals surface area contributed by atoms with Gasteiger partial charge in [-0.1, -0.05) is 32.4 Å². The van der Waals surface area contributed by atoms with Crippen molar-refractivity contribution < 1.29 is 27.9 Å². The zero-order valence-corrected chi connectivity index (χ0v) is 23.7. The molecule has 39 heavy (non-hydrogen) atoms. The van der Waals surface area contributed by atoms with Crippen LogP contribution in [-0.2, 0) is 14.3 Å². The summed E-state index contributed by atoms with van der Waals surface area (Å²) in [4.78, 5) is 42.4. The molecule has 0 unspecified atom stereocenters. The van der Waals surface area contributed by atoms with Gasteiger partial charge in [-0.05, 0) is 48.6 Å². The Morgan fingerprint density at radius 2 is 1.97 bits per heavy atom. The molecule has 1 saturated heterocycles. The molecule has 212 valence electrons. The molecule has 4 rings (SSSR count). The number of morpholine rings is 1. The number of anilines is 2. The van der Waals surface area contributed by atoms with Crippen LogP contribution in [0.1, 0.15) is 55.3 Å². The number of thiophene rings is 1. The van der Waals surface area contributed by atoms with E-state index < -0.39 is 24.3 Å². The third kappa shape index (κ3) is 7.75. The fourth-order valence-corrected chi connectivity index (χ4v) is 5.53. The number of benzene rings is 1. The molecule has 2 aliphatic rings. The van der Waals surface area contributed by atoms with Crippen LogP contribution in [0.4, 0.5) is 20.2 Å². The lowest BCUT2D eigenvalue weighted by atomic mass is 9.95. The Kier molecular flexibility index (Phi) is 9.25. The van der Waals surface area contributed by atoms with Crippen LogP contribution in [0.25, 0.3) is 0 Å². The van der Waals surface area contributed by atoms with Gasteiger partial charge in [0.15, 0.2) is 0 Å². The van der Waals surface area contributed by atoms with E-state index in [1.807, 2.05) is 0 Å². The molecule has 1 atom stereocenters. The maximum atomic E-state index is 14.0. The summed E-state index contributed by atoms with van der Waals surface area (Å²) in [7, 11) is 0. The van der Waals surface area contributed by atoms with Crippen molar-refractivity contribution in [3.63, 3.8) is 0 Å². The van der Waals surface area contributed by atoms with E-state index in [0.29, 0.717) is 15.8 Å². The van der Waals surface area contributed by atoms with Crippen LogP contribution in [0.15, 0.2) is 30.3 Å². The third-order valence-electron chi connectivity index (χ3n) is 6.44. The van der Waals surface area contributed by atoms with E-state index in [2.05, 4.69) is 36.3 Å². The summed E-state index contributed by atoms with van der Waals surface area (Å²) in [5, 5.41) is 5.63. The van der Waals surface area contributed by atoms with Crippen LogP contribution in [0.2, 0.25) is 4.34 Å². The summed E-state index contributed by atoms with van der Waals surface area (Å²) in [5.41, 5.74) is -0.187. The summed E-state index contributed by atoms with van der Waals surface area (Å²) in [5.74, 6) is -1.15. The van der Waals surface area contributed by atoms with Crippen LogP contribution in [0.3, 0.4) is 0 Å². The lowest BCUT2D eigenvalue weighted by Gasteiger charge is -2.36. The summed E-state index contributed by atoms with van der Waals surface area (Å²) in [6.07, 6.45) is -0.984. The van der Waals surface area contributed by atoms with E-state index >= 15 is 0 Å². The van der Waals surface area contributed by atoms with Crippen molar-refractivity contribution in [1.82, 2.24) is 10.2 Å². The molecule has 0 spiro atoms. The topological polar surface area (TPSA) is 91.0 Å². The molecule has 2 N–H and O–H groups in total. The highest BCUT2D eigenvalue weighted by Gasteiger charge is 2.39. The van der Waals surface area contributed by atoms with Crippen molar-refractivity contribution in [2.24, 2.45) is 5.41 Å². The smallest absolute Gasteiger partial charge is 0.265 e. The molecule has 0 bridgehead atoms. The van der Waals surface area contributed by atoms with Crippen molar-refractivity contribution >= 4 is 52.0 Å². The molecule has 12 heteroatoms. The van der Waals surface area contributed by atoms with Gasteiger partial charge in [-0.2, -0.15) is 0 Å². The first-order valence-corrected chi connectivity index (χ1v) is 14.0. The Hall–Kier alpha value is -2.60. The first-order valence-electron chi connectivity index (χ1n) is 12.8. The lowest BCUT2D eigenvalue weighted by molar-refractivity contribution is -0.125.